The van der Waals surface area contributed by atoms with Crippen molar-refractivity contribution in [3.8, 4) is 17.1 Å². The molecule has 0 fully saturated rings. The summed E-state index contributed by atoms with van der Waals surface area (Å²) < 4.78 is 9.47. The Morgan fingerprint density at radius 2 is 2.04 bits per heavy atom. The van der Waals surface area contributed by atoms with Crippen molar-refractivity contribution in [3.63, 3.8) is 0 Å². The molecule has 0 spiro atoms. The molecular weight excluding hydrogens is 340 g/mol. The van der Waals surface area contributed by atoms with Crippen molar-refractivity contribution in [1.29, 1.82) is 0 Å². The molecule has 4 heterocycles. The zero-order valence-electron chi connectivity index (χ0n) is 15.3. The fraction of sp³-hybridized carbons (Fsp3) is 0.200. The Labute approximate surface area is 156 Å². The van der Waals surface area contributed by atoms with Gasteiger partial charge in [0.25, 0.3) is 0 Å². The summed E-state index contributed by atoms with van der Waals surface area (Å²) in [6.45, 7) is 4.70. The van der Waals surface area contributed by atoms with Crippen LogP contribution in [0, 0.1) is 13.8 Å². The van der Waals surface area contributed by atoms with Crippen LogP contribution in [0.15, 0.2) is 30.6 Å². The van der Waals surface area contributed by atoms with Gasteiger partial charge in [0.1, 0.15) is 11.6 Å². The monoisotopic (exact) mass is 358 g/mol. The largest absolute Gasteiger partial charge is 0.496 e. The van der Waals surface area contributed by atoms with Crippen LogP contribution in [-0.4, -0.2) is 36.2 Å². The van der Waals surface area contributed by atoms with Gasteiger partial charge in [0.05, 0.1) is 29.8 Å². The summed E-state index contributed by atoms with van der Waals surface area (Å²) in [5.74, 6) is 2.43. The molecule has 0 saturated heterocycles. The second-order valence-corrected chi connectivity index (χ2v) is 6.64. The molecule has 0 radical (unpaired) electrons. The molecular formula is C20H18N6O. The van der Waals surface area contributed by atoms with E-state index in [4.69, 9.17) is 9.72 Å². The van der Waals surface area contributed by atoms with Crippen molar-refractivity contribution in [3.05, 3.63) is 59.1 Å². The summed E-state index contributed by atoms with van der Waals surface area (Å²) in [5, 5.41) is 4.54. The van der Waals surface area contributed by atoms with Crippen molar-refractivity contribution >= 4 is 17.8 Å². The van der Waals surface area contributed by atoms with E-state index >= 15 is 0 Å². The van der Waals surface area contributed by atoms with Gasteiger partial charge in [-0.25, -0.2) is 14.5 Å². The second kappa shape index (κ2) is 5.77. The molecule has 0 aliphatic carbocycles. The van der Waals surface area contributed by atoms with E-state index in [1.807, 2.05) is 48.8 Å². The van der Waals surface area contributed by atoms with Gasteiger partial charge in [0.15, 0.2) is 11.5 Å². The zero-order valence-corrected chi connectivity index (χ0v) is 15.3. The lowest BCUT2D eigenvalue weighted by atomic mass is 10.1. The van der Waals surface area contributed by atoms with Crippen molar-refractivity contribution in [2.24, 2.45) is 0 Å². The molecule has 7 nitrogen and oxygen atoms in total. The Hall–Kier alpha value is -3.48. The average Bonchev–Trinajstić information content (AvgIpc) is 3.35. The van der Waals surface area contributed by atoms with E-state index in [0.717, 1.165) is 46.4 Å². The summed E-state index contributed by atoms with van der Waals surface area (Å²) in [6.07, 6.45) is 7.66. The first kappa shape index (κ1) is 15.7. The Bertz CT molecular complexity index is 1180. The fourth-order valence-electron chi connectivity index (χ4n) is 3.49. The normalized spacial score (nSPS) is 12.7. The van der Waals surface area contributed by atoms with E-state index in [1.165, 1.54) is 5.56 Å². The molecule has 134 valence electrons. The van der Waals surface area contributed by atoms with Gasteiger partial charge < -0.3 is 9.30 Å². The predicted octanol–water partition coefficient (Wildman–Crippen LogP) is 3.15. The Kier molecular flexibility index (Phi) is 3.36. The van der Waals surface area contributed by atoms with Crippen molar-refractivity contribution in [2.45, 2.75) is 20.4 Å². The number of benzene rings is 1. The topological polar surface area (TPSA) is 70.1 Å². The van der Waals surface area contributed by atoms with Crippen LogP contribution in [0.5, 0.6) is 5.75 Å². The van der Waals surface area contributed by atoms with E-state index in [1.54, 1.807) is 13.3 Å². The van der Waals surface area contributed by atoms with Gasteiger partial charge in [-0.15, -0.1) is 5.10 Å². The third-order valence-corrected chi connectivity index (χ3v) is 4.82. The van der Waals surface area contributed by atoms with Gasteiger partial charge in [-0.3, -0.25) is 4.98 Å². The molecule has 1 aliphatic rings. The van der Waals surface area contributed by atoms with E-state index in [-0.39, 0.29) is 0 Å². The van der Waals surface area contributed by atoms with Crippen LogP contribution in [0.2, 0.25) is 0 Å². The molecule has 0 saturated carbocycles. The highest BCUT2D eigenvalue weighted by Crippen LogP contribution is 2.38. The molecule has 0 bridgehead atoms. The molecule has 1 aliphatic heterocycles. The molecule has 3 aromatic heterocycles. The minimum Gasteiger partial charge on any atom is -0.496 e. The lowest BCUT2D eigenvalue weighted by Crippen LogP contribution is -1.97. The molecule has 7 heteroatoms. The van der Waals surface area contributed by atoms with E-state index in [9.17, 15) is 0 Å². The van der Waals surface area contributed by atoms with Crippen LogP contribution < -0.4 is 4.74 Å². The Morgan fingerprint density at radius 1 is 1.15 bits per heavy atom. The number of rotatable bonds is 3. The maximum absolute atomic E-state index is 5.51. The standard InChI is InChI=1S/C20H18N6O/c1-12-9-21-13(2)19-23-17(24-26(12)19)8-7-15-11-25-10-14-5-4-6-16(27-3)18(14)20(25)22-15/h4-9,11H,10H2,1-3H3. The molecule has 4 aromatic rings. The van der Waals surface area contributed by atoms with Gasteiger partial charge in [-0.05, 0) is 37.6 Å². The fourth-order valence-corrected chi connectivity index (χ4v) is 3.49. The average molecular weight is 358 g/mol. The Morgan fingerprint density at radius 3 is 2.85 bits per heavy atom. The third-order valence-electron chi connectivity index (χ3n) is 4.82. The van der Waals surface area contributed by atoms with Gasteiger partial charge in [-0.1, -0.05) is 12.1 Å². The number of nitrogens with zero attached hydrogens (tertiary/aromatic N) is 6. The van der Waals surface area contributed by atoms with Gasteiger partial charge in [-0.2, -0.15) is 0 Å². The quantitative estimate of drug-likeness (QED) is 0.495. The summed E-state index contributed by atoms with van der Waals surface area (Å²) in [7, 11) is 1.69. The predicted molar refractivity (Wildman–Crippen MR) is 103 cm³/mol. The van der Waals surface area contributed by atoms with Gasteiger partial charge >= 0.3 is 0 Å². The number of ether oxygens (including phenoxy) is 1. The van der Waals surface area contributed by atoms with E-state index < -0.39 is 0 Å². The SMILES string of the molecule is COc1cccc2c1-c1nc(C=Cc3nc4c(C)ncc(C)n4n3)cn1C2. The number of fused-ring (bicyclic) bond motifs is 4. The van der Waals surface area contributed by atoms with E-state index in [0.29, 0.717) is 5.82 Å². The molecule has 1 aromatic carbocycles. The first-order chi connectivity index (χ1) is 13.1. The molecule has 0 amide bonds. The van der Waals surface area contributed by atoms with Crippen molar-refractivity contribution < 1.29 is 4.74 Å². The van der Waals surface area contributed by atoms with Crippen LogP contribution in [-0.2, 0) is 6.54 Å². The van der Waals surface area contributed by atoms with Crippen LogP contribution in [0.25, 0.3) is 29.2 Å². The molecule has 0 atom stereocenters. The van der Waals surface area contributed by atoms with Gasteiger partial charge in [0, 0.05) is 18.9 Å². The molecule has 0 N–H and O–H groups in total. The lowest BCUT2D eigenvalue weighted by Gasteiger charge is -2.05. The minimum absolute atomic E-state index is 0.639. The first-order valence-corrected chi connectivity index (χ1v) is 8.74. The number of aryl methyl sites for hydroxylation is 2. The number of imidazole rings is 1. The smallest absolute Gasteiger partial charge is 0.177 e. The summed E-state index contributed by atoms with van der Waals surface area (Å²) in [4.78, 5) is 13.7. The van der Waals surface area contributed by atoms with Gasteiger partial charge in [0.2, 0.25) is 0 Å². The highest BCUT2D eigenvalue weighted by atomic mass is 16.5. The number of hydrogen-bond donors (Lipinski definition) is 0. The van der Waals surface area contributed by atoms with Crippen LogP contribution in [0.4, 0.5) is 0 Å². The second-order valence-electron chi connectivity index (χ2n) is 6.64. The summed E-state index contributed by atoms with van der Waals surface area (Å²) >= 11 is 0. The van der Waals surface area contributed by atoms with Crippen LogP contribution in [0.1, 0.15) is 28.5 Å². The number of hydrogen-bond acceptors (Lipinski definition) is 5. The molecule has 5 rings (SSSR count). The Balaban J connectivity index is 1.50. The van der Waals surface area contributed by atoms with Crippen LogP contribution >= 0.6 is 0 Å². The number of aromatic nitrogens is 6. The highest BCUT2D eigenvalue weighted by molar-refractivity contribution is 5.75. The first-order valence-electron chi connectivity index (χ1n) is 8.74. The maximum atomic E-state index is 5.51. The molecule has 0 unspecified atom stereocenters. The minimum atomic E-state index is 0.639. The van der Waals surface area contributed by atoms with Crippen molar-refractivity contribution in [1.82, 2.24) is 29.1 Å². The lowest BCUT2D eigenvalue weighted by molar-refractivity contribution is 0.416. The number of methoxy groups -OCH3 is 1. The summed E-state index contributed by atoms with van der Waals surface area (Å²) in [6, 6.07) is 6.10. The highest BCUT2D eigenvalue weighted by Gasteiger charge is 2.24. The van der Waals surface area contributed by atoms with E-state index in [2.05, 4.69) is 25.7 Å². The molecule has 27 heavy (non-hydrogen) atoms. The third kappa shape index (κ3) is 2.43. The van der Waals surface area contributed by atoms with Crippen LogP contribution in [0.3, 0.4) is 0 Å². The maximum Gasteiger partial charge on any atom is 0.177 e. The van der Waals surface area contributed by atoms with Crippen molar-refractivity contribution in [2.75, 3.05) is 7.11 Å². The summed E-state index contributed by atoms with van der Waals surface area (Å²) in [5.41, 5.74) is 5.76. The zero-order chi connectivity index (χ0) is 18.5.